The van der Waals surface area contributed by atoms with Crippen molar-refractivity contribution in [1.82, 2.24) is 8.96 Å². The first-order valence-corrected chi connectivity index (χ1v) is 9.15. The third-order valence-corrected chi connectivity index (χ3v) is 6.37. The van der Waals surface area contributed by atoms with Crippen molar-refractivity contribution >= 4 is 33.3 Å². The van der Waals surface area contributed by atoms with Crippen molar-refractivity contribution < 1.29 is 13.2 Å². The van der Waals surface area contributed by atoms with E-state index < -0.39 is 15.9 Å². The quantitative estimate of drug-likeness (QED) is 0.707. The summed E-state index contributed by atoms with van der Waals surface area (Å²) < 4.78 is 26.7. The zero-order chi connectivity index (χ0) is 17.2. The van der Waals surface area contributed by atoms with Gasteiger partial charge in [0.05, 0.1) is 10.6 Å². The van der Waals surface area contributed by atoms with E-state index in [0.29, 0.717) is 5.56 Å². The molecular formula is C16H13N3O3S2. The minimum Gasteiger partial charge on any atom is -0.366 e. The fourth-order valence-corrected chi connectivity index (χ4v) is 4.62. The van der Waals surface area contributed by atoms with Crippen molar-refractivity contribution in [2.45, 2.75) is 4.21 Å². The lowest BCUT2D eigenvalue weighted by atomic mass is 10.3. The predicted molar refractivity (Wildman–Crippen MR) is 92.8 cm³/mol. The van der Waals surface area contributed by atoms with E-state index in [-0.39, 0.29) is 4.21 Å². The normalized spacial score (nSPS) is 11.8. The fourth-order valence-electron chi connectivity index (χ4n) is 2.03. The number of thiophene rings is 1. The van der Waals surface area contributed by atoms with Gasteiger partial charge >= 0.3 is 0 Å². The largest absolute Gasteiger partial charge is 0.366 e. The number of hydrogen-bond acceptors (Lipinski definition) is 5. The standard InChI is InChI=1S/C16H13N3O3S2/c17-15(20)6-4-12-8-10-19(11-12)24(21,22)16-7-5-14(23-16)13-3-1-2-9-18-13/h1-11H,(H2,17,20). The molecular weight excluding hydrogens is 346 g/mol. The zero-order valence-electron chi connectivity index (χ0n) is 12.4. The SMILES string of the molecule is NC(=O)C=Cc1ccn(S(=O)(=O)c2ccc(-c3ccccn3)s2)c1. The third kappa shape index (κ3) is 3.29. The highest BCUT2D eigenvalue weighted by Gasteiger charge is 2.19. The summed E-state index contributed by atoms with van der Waals surface area (Å²) in [4.78, 5) is 15.7. The van der Waals surface area contributed by atoms with Gasteiger partial charge in [-0.2, -0.15) is 8.42 Å². The molecule has 2 N–H and O–H groups in total. The second-order valence-electron chi connectivity index (χ2n) is 4.85. The Morgan fingerprint density at radius 2 is 2.04 bits per heavy atom. The van der Waals surface area contributed by atoms with E-state index in [9.17, 15) is 13.2 Å². The maximum atomic E-state index is 12.7. The highest BCUT2D eigenvalue weighted by molar-refractivity contribution is 7.92. The van der Waals surface area contributed by atoms with Gasteiger partial charge in [0.15, 0.2) is 0 Å². The molecule has 3 aromatic heterocycles. The number of primary amides is 1. The number of pyridine rings is 1. The molecule has 0 aliphatic rings. The van der Waals surface area contributed by atoms with Gasteiger partial charge in [-0.25, -0.2) is 3.97 Å². The van der Waals surface area contributed by atoms with Crippen molar-refractivity contribution in [3.63, 3.8) is 0 Å². The van der Waals surface area contributed by atoms with Crippen molar-refractivity contribution in [3.8, 4) is 10.6 Å². The minimum absolute atomic E-state index is 0.212. The predicted octanol–water partition coefficient (Wildman–Crippen LogP) is 2.35. The Kier molecular flexibility index (Phi) is 4.32. The first-order valence-electron chi connectivity index (χ1n) is 6.89. The summed E-state index contributed by atoms with van der Waals surface area (Å²) in [6.07, 6.45) is 7.15. The van der Waals surface area contributed by atoms with Gasteiger partial charge in [0.2, 0.25) is 5.91 Å². The van der Waals surface area contributed by atoms with Crippen molar-refractivity contribution in [2.24, 2.45) is 5.73 Å². The highest BCUT2D eigenvalue weighted by Crippen LogP contribution is 2.30. The molecule has 0 saturated heterocycles. The number of nitrogens with zero attached hydrogens (tertiary/aromatic N) is 2. The van der Waals surface area contributed by atoms with Crippen molar-refractivity contribution in [1.29, 1.82) is 0 Å². The van der Waals surface area contributed by atoms with Crippen LogP contribution >= 0.6 is 11.3 Å². The maximum absolute atomic E-state index is 12.7. The molecule has 0 atom stereocenters. The molecule has 122 valence electrons. The molecule has 0 aliphatic carbocycles. The van der Waals surface area contributed by atoms with Crippen LogP contribution in [0.25, 0.3) is 16.6 Å². The molecule has 3 heterocycles. The first-order chi connectivity index (χ1) is 11.5. The van der Waals surface area contributed by atoms with Crippen LogP contribution in [0.1, 0.15) is 5.56 Å². The molecule has 0 spiro atoms. The van der Waals surface area contributed by atoms with Crippen LogP contribution in [0.2, 0.25) is 0 Å². The lowest BCUT2D eigenvalue weighted by Crippen LogP contribution is -2.09. The smallest absolute Gasteiger partial charge is 0.277 e. The molecule has 1 amide bonds. The summed E-state index contributed by atoms with van der Waals surface area (Å²) in [5.41, 5.74) is 6.32. The molecule has 3 aromatic rings. The van der Waals surface area contributed by atoms with Gasteiger partial charge in [-0.15, -0.1) is 11.3 Å². The number of aromatic nitrogens is 2. The Labute approximate surface area is 142 Å². The topological polar surface area (TPSA) is 95.0 Å². The molecule has 0 saturated carbocycles. The van der Waals surface area contributed by atoms with Gasteiger partial charge in [-0.05, 0) is 42.0 Å². The van der Waals surface area contributed by atoms with Gasteiger partial charge in [-0.1, -0.05) is 6.07 Å². The van der Waals surface area contributed by atoms with Crippen LogP contribution in [0.4, 0.5) is 0 Å². The lowest BCUT2D eigenvalue weighted by molar-refractivity contribution is -0.113. The summed E-state index contributed by atoms with van der Waals surface area (Å²) in [6, 6.07) is 10.4. The molecule has 24 heavy (non-hydrogen) atoms. The van der Waals surface area contributed by atoms with E-state index >= 15 is 0 Å². The Balaban J connectivity index is 1.92. The monoisotopic (exact) mass is 359 g/mol. The van der Waals surface area contributed by atoms with Crippen LogP contribution in [0.15, 0.2) is 65.3 Å². The third-order valence-electron chi connectivity index (χ3n) is 3.16. The molecule has 0 bridgehead atoms. The van der Waals surface area contributed by atoms with Gasteiger partial charge in [0, 0.05) is 24.7 Å². The van der Waals surface area contributed by atoms with Crippen molar-refractivity contribution in [2.75, 3.05) is 0 Å². The zero-order valence-corrected chi connectivity index (χ0v) is 14.0. The summed E-state index contributed by atoms with van der Waals surface area (Å²) in [6.45, 7) is 0. The first kappa shape index (κ1) is 16.2. The molecule has 0 radical (unpaired) electrons. The average Bonchev–Trinajstić information content (AvgIpc) is 3.24. The van der Waals surface area contributed by atoms with Crippen LogP contribution in [0.3, 0.4) is 0 Å². The van der Waals surface area contributed by atoms with Crippen LogP contribution in [0.5, 0.6) is 0 Å². The highest BCUT2D eigenvalue weighted by atomic mass is 32.2. The minimum atomic E-state index is -3.69. The number of nitrogens with two attached hydrogens (primary N) is 1. The Bertz CT molecular complexity index is 1000. The van der Waals surface area contributed by atoms with Crippen LogP contribution in [0, 0.1) is 0 Å². The summed E-state index contributed by atoms with van der Waals surface area (Å²) in [7, 11) is -3.69. The van der Waals surface area contributed by atoms with Gasteiger partial charge < -0.3 is 5.73 Å². The number of rotatable bonds is 5. The second-order valence-corrected chi connectivity index (χ2v) is 8.00. The van der Waals surface area contributed by atoms with Crippen LogP contribution < -0.4 is 5.73 Å². The Morgan fingerprint density at radius 3 is 2.75 bits per heavy atom. The van der Waals surface area contributed by atoms with E-state index in [2.05, 4.69) is 4.98 Å². The summed E-state index contributed by atoms with van der Waals surface area (Å²) in [5.74, 6) is -0.594. The molecule has 0 fully saturated rings. The lowest BCUT2D eigenvalue weighted by Gasteiger charge is -2.02. The molecule has 8 heteroatoms. The van der Waals surface area contributed by atoms with E-state index in [0.717, 1.165) is 25.9 Å². The molecule has 0 aromatic carbocycles. The van der Waals surface area contributed by atoms with E-state index in [1.54, 1.807) is 30.5 Å². The van der Waals surface area contributed by atoms with Crippen molar-refractivity contribution in [3.05, 3.63) is 66.6 Å². The Hall–Kier alpha value is -2.71. The van der Waals surface area contributed by atoms with Gasteiger partial charge in [0.25, 0.3) is 10.0 Å². The number of amides is 1. The van der Waals surface area contributed by atoms with Crippen LogP contribution in [-0.2, 0) is 14.8 Å². The average molecular weight is 359 g/mol. The molecule has 0 unspecified atom stereocenters. The number of hydrogen-bond donors (Lipinski definition) is 1. The van der Waals surface area contributed by atoms with E-state index in [1.165, 1.54) is 24.5 Å². The Morgan fingerprint density at radius 1 is 1.21 bits per heavy atom. The summed E-state index contributed by atoms with van der Waals surface area (Å²) >= 11 is 1.15. The molecule has 3 rings (SSSR count). The molecule has 6 nitrogen and oxygen atoms in total. The van der Waals surface area contributed by atoms with Gasteiger partial charge in [0.1, 0.15) is 4.21 Å². The summed E-state index contributed by atoms with van der Waals surface area (Å²) in [5, 5.41) is 0. The second kappa shape index (κ2) is 6.42. The fraction of sp³-hybridized carbons (Fsp3) is 0. The maximum Gasteiger partial charge on any atom is 0.277 e. The van der Waals surface area contributed by atoms with Gasteiger partial charge in [-0.3, -0.25) is 9.78 Å². The molecule has 0 aliphatic heterocycles. The van der Waals surface area contributed by atoms with E-state index in [1.807, 2.05) is 12.1 Å². The number of carbonyl (C=O) groups is 1. The van der Waals surface area contributed by atoms with Crippen LogP contribution in [-0.4, -0.2) is 23.3 Å². The number of carbonyl (C=O) groups excluding carboxylic acids is 1. The van der Waals surface area contributed by atoms with E-state index in [4.69, 9.17) is 5.73 Å².